The maximum absolute atomic E-state index is 12.3. The zero-order valence-electron chi connectivity index (χ0n) is 13.8. The molecule has 0 spiro atoms. The van der Waals surface area contributed by atoms with E-state index in [4.69, 9.17) is 4.74 Å². The number of esters is 1. The van der Waals surface area contributed by atoms with Gasteiger partial charge in [-0.15, -0.1) is 0 Å². The van der Waals surface area contributed by atoms with E-state index in [1.54, 1.807) is 42.5 Å². The third-order valence-electron chi connectivity index (χ3n) is 4.04. The second-order valence-corrected chi connectivity index (χ2v) is 6.65. The Balaban J connectivity index is 1.70. The molecule has 0 aromatic heterocycles. The quantitative estimate of drug-likeness (QED) is 0.426. The molecule has 0 aliphatic carbocycles. The average molecular weight is 416 g/mol. The van der Waals surface area contributed by atoms with Gasteiger partial charge in [0.05, 0.1) is 11.3 Å². The number of ether oxygens (including phenoxy) is 1. The Morgan fingerprint density at radius 1 is 1.12 bits per heavy atom. The van der Waals surface area contributed by atoms with Gasteiger partial charge in [-0.25, -0.2) is 4.79 Å². The molecule has 0 saturated heterocycles. The van der Waals surface area contributed by atoms with Gasteiger partial charge in [-0.3, -0.25) is 19.3 Å². The summed E-state index contributed by atoms with van der Waals surface area (Å²) in [6.45, 7) is 1.01. The number of carbonyl (C=O) groups excluding carboxylic acids is 4. The molecule has 2 aromatic carbocycles. The monoisotopic (exact) mass is 415 g/mol. The van der Waals surface area contributed by atoms with Crippen molar-refractivity contribution in [3.8, 4) is 0 Å². The fourth-order valence-corrected chi connectivity index (χ4v) is 3.10. The van der Waals surface area contributed by atoms with E-state index < -0.39 is 30.3 Å². The molecule has 0 saturated carbocycles. The smallest absolute Gasteiger partial charge is 0.329 e. The predicted octanol–water partition coefficient (Wildman–Crippen LogP) is 2.79. The van der Waals surface area contributed by atoms with Crippen molar-refractivity contribution in [1.82, 2.24) is 0 Å². The van der Waals surface area contributed by atoms with E-state index in [-0.39, 0.29) is 11.3 Å². The first kappa shape index (κ1) is 18.0. The van der Waals surface area contributed by atoms with Crippen LogP contribution in [0.4, 0.5) is 5.69 Å². The molecule has 1 amide bonds. The van der Waals surface area contributed by atoms with E-state index in [0.29, 0.717) is 11.3 Å². The Hall–Kier alpha value is -2.80. The minimum Gasteiger partial charge on any atom is -0.456 e. The number of anilines is 1. The second-order valence-electron chi connectivity index (χ2n) is 5.74. The van der Waals surface area contributed by atoms with Gasteiger partial charge in [0.25, 0.3) is 11.7 Å². The topological polar surface area (TPSA) is 80.8 Å². The van der Waals surface area contributed by atoms with Crippen LogP contribution in [0.25, 0.3) is 0 Å². The Kier molecular flexibility index (Phi) is 4.99. The van der Waals surface area contributed by atoms with E-state index >= 15 is 0 Å². The van der Waals surface area contributed by atoms with Crippen LogP contribution in [0.5, 0.6) is 0 Å². The maximum Gasteiger partial charge on any atom is 0.329 e. The van der Waals surface area contributed by atoms with Gasteiger partial charge in [-0.2, -0.15) is 0 Å². The fraction of sp³-hybridized carbons (Fsp3) is 0.158. The van der Waals surface area contributed by atoms with Gasteiger partial charge in [-0.05, 0) is 31.2 Å². The zero-order chi connectivity index (χ0) is 18.8. The van der Waals surface area contributed by atoms with E-state index in [2.05, 4.69) is 15.9 Å². The zero-order valence-corrected chi connectivity index (χ0v) is 15.4. The average Bonchev–Trinajstić information content (AvgIpc) is 2.90. The number of halogens is 1. The molecule has 0 fully saturated rings. The summed E-state index contributed by atoms with van der Waals surface area (Å²) in [6.07, 6.45) is 0. The van der Waals surface area contributed by atoms with Crippen LogP contribution in [0.1, 0.15) is 27.6 Å². The summed E-state index contributed by atoms with van der Waals surface area (Å²) in [7, 11) is 0. The number of fused-ring (bicyclic) bond motifs is 1. The first-order chi connectivity index (χ1) is 12.4. The minimum absolute atomic E-state index is 0.252. The number of amides is 1. The Labute approximate surface area is 157 Å². The SMILES string of the molecule is CC(C(=O)OCC(=O)c1cccc(Br)c1)N1C(=O)C(=O)c2ccccc21. The van der Waals surface area contributed by atoms with E-state index in [1.807, 2.05) is 0 Å². The molecule has 132 valence electrons. The summed E-state index contributed by atoms with van der Waals surface area (Å²) < 4.78 is 5.80. The molecule has 1 unspecified atom stereocenters. The van der Waals surface area contributed by atoms with Crippen LogP contribution in [0.15, 0.2) is 53.0 Å². The van der Waals surface area contributed by atoms with E-state index in [0.717, 1.165) is 9.37 Å². The summed E-state index contributed by atoms with van der Waals surface area (Å²) in [5.74, 6) is -2.57. The number of carbonyl (C=O) groups is 4. The van der Waals surface area contributed by atoms with Crippen LogP contribution in [-0.4, -0.2) is 36.1 Å². The molecule has 1 atom stereocenters. The lowest BCUT2D eigenvalue weighted by atomic mass is 10.1. The number of hydrogen-bond acceptors (Lipinski definition) is 5. The molecular formula is C19H14BrNO5. The van der Waals surface area contributed by atoms with Crippen LogP contribution in [0.2, 0.25) is 0 Å². The molecule has 1 aliphatic heterocycles. The highest BCUT2D eigenvalue weighted by atomic mass is 79.9. The lowest BCUT2D eigenvalue weighted by Crippen LogP contribution is -2.43. The van der Waals surface area contributed by atoms with Gasteiger partial charge < -0.3 is 4.74 Å². The third-order valence-corrected chi connectivity index (χ3v) is 4.54. The summed E-state index contributed by atoms with van der Waals surface area (Å²) in [6, 6.07) is 12.1. The molecule has 1 aliphatic rings. The largest absolute Gasteiger partial charge is 0.456 e. The first-order valence-electron chi connectivity index (χ1n) is 7.82. The minimum atomic E-state index is -1.02. The maximum atomic E-state index is 12.3. The van der Waals surface area contributed by atoms with Crippen LogP contribution < -0.4 is 4.90 Å². The van der Waals surface area contributed by atoms with Crippen molar-refractivity contribution in [2.24, 2.45) is 0 Å². The lowest BCUT2D eigenvalue weighted by Gasteiger charge is -2.22. The molecule has 2 aromatic rings. The van der Waals surface area contributed by atoms with Gasteiger partial charge in [0, 0.05) is 10.0 Å². The molecule has 3 rings (SSSR count). The van der Waals surface area contributed by atoms with E-state index in [9.17, 15) is 19.2 Å². The number of ketones is 2. The first-order valence-corrected chi connectivity index (χ1v) is 8.61. The highest BCUT2D eigenvalue weighted by Crippen LogP contribution is 2.30. The molecule has 7 heteroatoms. The van der Waals surface area contributed by atoms with Gasteiger partial charge in [0.2, 0.25) is 0 Å². The molecular weight excluding hydrogens is 402 g/mol. The number of rotatable bonds is 5. The normalized spacial score (nSPS) is 14.2. The van der Waals surface area contributed by atoms with Crippen LogP contribution in [0.3, 0.4) is 0 Å². The van der Waals surface area contributed by atoms with Crippen molar-refractivity contribution in [2.75, 3.05) is 11.5 Å². The number of benzene rings is 2. The number of nitrogens with zero attached hydrogens (tertiary/aromatic N) is 1. The van der Waals surface area contributed by atoms with Crippen molar-refractivity contribution in [3.05, 3.63) is 64.1 Å². The van der Waals surface area contributed by atoms with Crippen molar-refractivity contribution in [1.29, 1.82) is 0 Å². The van der Waals surface area contributed by atoms with Gasteiger partial charge in [0.1, 0.15) is 6.04 Å². The van der Waals surface area contributed by atoms with Crippen molar-refractivity contribution < 1.29 is 23.9 Å². The van der Waals surface area contributed by atoms with Gasteiger partial charge in [0.15, 0.2) is 12.4 Å². The molecule has 0 radical (unpaired) electrons. The lowest BCUT2D eigenvalue weighted by molar-refractivity contribution is -0.144. The van der Waals surface area contributed by atoms with E-state index in [1.165, 1.54) is 13.0 Å². The Morgan fingerprint density at radius 2 is 1.85 bits per heavy atom. The summed E-state index contributed by atoms with van der Waals surface area (Å²) in [5, 5.41) is 0. The molecule has 1 heterocycles. The highest BCUT2D eigenvalue weighted by molar-refractivity contribution is 9.10. The number of para-hydroxylation sites is 1. The molecule has 0 N–H and O–H groups in total. The predicted molar refractivity (Wildman–Crippen MR) is 97.2 cm³/mol. The molecule has 0 bridgehead atoms. The fourth-order valence-electron chi connectivity index (χ4n) is 2.70. The molecule has 6 nitrogen and oxygen atoms in total. The summed E-state index contributed by atoms with van der Waals surface area (Å²) in [5.41, 5.74) is 1.02. The second kappa shape index (κ2) is 7.21. The van der Waals surface area contributed by atoms with Crippen LogP contribution in [-0.2, 0) is 14.3 Å². The van der Waals surface area contributed by atoms with Gasteiger partial charge >= 0.3 is 5.97 Å². The Bertz CT molecular complexity index is 924. The van der Waals surface area contributed by atoms with Crippen LogP contribution >= 0.6 is 15.9 Å². The van der Waals surface area contributed by atoms with Crippen molar-refractivity contribution >= 4 is 45.1 Å². The highest BCUT2D eigenvalue weighted by Gasteiger charge is 2.41. The van der Waals surface area contributed by atoms with Crippen LogP contribution in [0, 0.1) is 0 Å². The number of hydrogen-bond donors (Lipinski definition) is 0. The van der Waals surface area contributed by atoms with Crippen molar-refractivity contribution in [2.45, 2.75) is 13.0 Å². The van der Waals surface area contributed by atoms with Gasteiger partial charge in [-0.1, -0.05) is 40.2 Å². The number of Topliss-reactive ketones (excluding diaryl/α,β-unsaturated/α-hetero) is 2. The molecule has 26 heavy (non-hydrogen) atoms. The summed E-state index contributed by atoms with van der Waals surface area (Å²) >= 11 is 3.27. The van der Waals surface area contributed by atoms with Crippen molar-refractivity contribution in [3.63, 3.8) is 0 Å². The third kappa shape index (κ3) is 3.30. The summed E-state index contributed by atoms with van der Waals surface area (Å²) in [4.78, 5) is 49.8. The Morgan fingerprint density at radius 3 is 2.58 bits per heavy atom. The standard InChI is InChI=1S/C19H14BrNO5/c1-11(21-15-8-3-2-7-14(15)17(23)18(21)24)19(25)26-10-16(22)12-5-4-6-13(20)9-12/h2-9,11H,10H2,1H3.